The third-order valence-corrected chi connectivity index (χ3v) is 5.68. The van der Waals surface area contributed by atoms with Gasteiger partial charge in [-0.15, -0.1) is 0 Å². The van der Waals surface area contributed by atoms with E-state index in [-0.39, 0.29) is 34.8 Å². The Balaban J connectivity index is 2.20. The van der Waals surface area contributed by atoms with Gasteiger partial charge < -0.3 is 21.3 Å². The van der Waals surface area contributed by atoms with E-state index in [1.807, 2.05) is 6.07 Å². The number of carboxylic acid groups (broad SMARTS) is 1. The van der Waals surface area contributed by atoms with Crippen molar-refractivity contribution in [2.45, 2.75) is 30.8 Å². The summed E-state index contributed by atoms with van der Waals surface area (Å²) in [5, 5.41) is 35.2. The number of nitrogens with one attached hydrogen (secondary N) is 1. The van der Waals surface area contributed by atoms with Gasteiger partial charge in [0.15, 0.2) is 11.4 Å². The molecule has 13 heteroatoms. The molecule has 10 nitrogen and oxygen atoms in total. The van der Waals surface area contributed by atoms with Crippen molar-refractivity contribution in [1.82, 2.24) is 14.7 Å². The number of piperidine rings is 1. The number of halogens is 3. The molecule has 176 valence electrons. The van der Waals surface area contributed by atoms with Gasteiger partial charge in [0.1, 0.15) is 11.4 Å². The normalized spacial score (nSPS) is 21.9. The van der Waals surface area contributed by atoms with Gasteiger partial charge in [0.05, 0.1) is 12.0 Å². The summed E-state index contributed by atoms with van der Waals surface area (Å²) in [6, 6.07) is 2.57. The number of nitrogens with zero attached hydrogens (tertiary/aromatic N) is 4. The number of nitrogens with two attached hydrogens (primary N) is 1. The number of likely N-dealkylation sites (tertiary alicyclic amines) is 1. The quantitative estimate of drug-likeness (QED) is 0.456. The molecule has 0 saturated carbocycles. The molecule has 0 bridgehead atoms. The van der Waals surface area contributed by atoms with E-state index >= 15 is 8.78 Å². The minimum atomic E-state index is -4.12. The molecule has 0 spiro atoms. The van der Waals surface area contributed by atoms with Gasteiger partial charge in [-0.2, -0.15) is 19.1 Å². The molecule has 1 aliphatic rings. The number of aliphatic hydroxyl groups excluding tert-OH is 1. The highest BCUT2D eigenvalue weighted by atomic mass is 19.3. The first-order chi connectivity index (χ1) is 15.6. The predicted octanol–water partition coefficient (Wildman–Crippen LogP) is 2.45. The second kappa shape index (κ2) is 8.99. The van der Waals surface area contributed by atoms with Crippen molar-refractivity contribution >= 4 is 23.5 Å². The molecule has 2 heterocycles. The van der Waals surface area contributed by atoms with Gasteiger partial charge in [0.2, 0.25) is 0 Å². The summed E-state index contributed by atoms with van der Waals surface area (Å²) in [5.74, 6) is -3.20. The molecule has 0 radical (unpaired) electrons. The van der Waals surface area contributed by atoms with Crippen LogP contribution in [0.4, 0.5) is 29.5 Å². The van der Waals surface area contributed by atoms with E-state index in [1.165, 1.54) is 12.1 Å². The number of nitriles is 1. The third kappa shape index (κ3) is 4.05. The molecule has 1 aromatic heterocycles. The second-order valence-electron chi connectivity index (χ2n) is 7.53. The monoisotopic (exact) mass is 466 g/mol. The molecule has 2 atom stereocenters. The van der Waals surface area contributed by atoms with Crippen LogP contribution in [0.15, 0.2) is 30.5 Å². The summed E-state index contributed by atoms with van der Waals surface area (Å²) in [7, 11) is 0. The van der Waals surface area contributed by atoms with Crippen molar-refractivity contribution in [2.24, 2.45) is 11.7 Å². The Morgan fingerprint density at radius 2 is 2.00 bits per heavy atom. The maximum Gasteiger partial charge on any atom is 0.411 e. The van der Waals surface area contributed by atoms with Gasteiger partial charge in [-0.05, 0) is 43.5 Å². The lowest BCUT2D eigenvalue weighted by Crippen LogP contribution is -2.68. The molecular weight excluding hydrogens is 445 g/mol. The zero-order chi connectivity index (χ0) is 24.4. The SMILES string of the molecule is N#CC1CCN(C(=O)O)C(F)(F)C1(CCCO)n1cc(C(N)=O)c(Nc2ccc(F)cc2)n1. The van der Waals surface area contributed by atoms with Crippen molar-refractivity contribution in [3.63, 3.8) is 0 Å². The average Bonchev–Trinajstić information content (AvgIpc) is 3.17. The number of carbonyl (C=O) groups excluding carboxylic acids is 1. The lowest BCUT2D eigenvalue weighted by Gasteiger charge is -2.50. The average molecular weight is 466 g/mol. The summed E-state index contributed by atoms with van der Waals surface area (Å²) in [5.41, 5.74) is 2.83. The van der Waals surface area contributed by atoms with Crippen LogP contribution < -0.4 is 11.1 Å². The molecule has 0 aliphatic carbocycles. The Hall–Kier alpha value is -3.79. The number of amides is 2. The van der Waals surface area contributed by atoms with Crippen LogP contribution in [0.25, 0.3) is 0 Å². The number of alkyl halides is 2. The molecule has 2 unspecified atom stereocenters. The summed E-state index contributed by atoms with van der Waals surface area (Å²) in [6.07, 6.45) is -1.91. The zero-order valence-corrected chi connectivity index (χ0v) is 17.2. The molecular formula is C20H21F3N6O4. The Morgan fingerprint density at radius 1 is 1.33 bits per heavy atom. The number of rotatable bonds is 7. The highest BCUT2D eigenvalue weighted by Gasteiger charge is 2.67. The van der Waals surface area contributed by atoms with Crippen molar-refractivity contribution in [3.8, 4) is 6.07 Å². The van der Waals surface area contributed by atoms with E-state index in [0.29, 0.717) is 4.68 Å². The van der Waals surface area contributed by atoms with Crippen LogP contribution in [0.3, 0.4) is 0 Å². The second-order valence-corrected chi connectivity index (χ2v) is 7.53. The molecule has 1 aliphatic heterocycles. The van der Waals surface area contributed by atoms with Crippen molar-refractivity contribution in [3.05, 3.63) is 41.8 Å². The minimum Gasteiger partial charge on any atom is -0.465 e. The summed E-state index contributed by atoms with van der Waals surface area (Å²) in [4.78, 5) is 23.5. The fourth-order valence-corrected chi connectivity index (χ4v) is 4.07. The van der Waals surface area contributed by atoms with E-state index < -0.39 is 54.9 Å². The first-order valence-corrected chi connectivity index (χ1v) is 9.90. The molecule has 1 saturated heterocycles. The first-order valence-electron chi connectivity index (χ1n) is 9.90. The lowest BCUT2D eigenvalue weighted by molar-refractivity contribution is -0.245. The van der Waals surface area contributed by atoms with Crippen LogP contribution in [-0.2, 0) is 5.54 Å². The van der Waals surface area contributed by atoms with Crippen LogP contribution in [0.1, 0.15) is 29.6 Å². The Morgan fingerprint density at radius 3 is 2.55 bits per heavy atom. The number of hydrogen-bond acceptors (Lipinski definition) is 6. The molecule has 1 aromatic carbocycles. The smallest absolute Gasteiger partial charge is 0.411 e. The van der Waals surface area contributed by atoms with Crippen molar-refractivity contribution < 1.29 is 33.0 Å². The van der Waals surface area contributed by atoms with E-state index in [0.717, 1.165) is 18.3 Å². The maximum atomic E-state index is 15.8. The molecule has 5 N–H and O–H groups in total. The van der Waals surface area contributed by atoms with Crippen LogP contribution in [-0.4, -0.2) is 56.1 Å². The standard InChI is InChI=1S/C20H21F3N6O4/c21-13-2-4-14(5-3-13)26-17-15(16(25)31)11-29(27-17)19(7-1-9-30)12(10-24)6-8-28(18(32)33)20(19,22)23/h2-5,11-12,30H,1,6-9H2,(H2,25,31)(H,26,27)(H,32,33). The van der Waals surface area contributed by atoms with E-state index in [2.05, 4.69) is 10.4 Å². The van der Waals surface area contributed by atoms with Crippen LogP contribution in [0.2, 0.25) is 0 Å². The molecule has 2 amide bonds. The number of anilines is 2. The third-order valence-electron chi connectivity index (χ3n) is 5.68. The lowest BCUT2D eigenvalue weighted by atomic mass is 9.73. The van der Waals surface area contributed by atoms with Gasteiger partial charge in [-0.25, -0.2) is 14.1 Å². The fraction of sp³-hybridized carbons (Fsp3) is 0.400. The Kier molecular flexibility index (Phi) is 6.50. The van der Waals surface area contributed by atoms with Gasteiger partial charge in [0.25, 0.3) is 5.91 Å². The molecule has 33 heavy (non-hydrogen) atoms. The molecule has 3 rings (SSSR count). The molecule has 1 fully saturated rings. The van der Waals surface area contributed by atoms with E-state index in [4.69, 9.17) is 5.73 Å². The highest BCUT2D eigenvalue weighted by Crippen LogP contribution is 2.51. The summed E-state index contributed by atoms with van der Waals surface area (Å²) >= 11 is 0. The van der Waals surface area contributed by atoms with E-state index in [1.54, 1.807) is 0 Å². The van der Waals surface area contributed by atoms with Gasteiger partial charge >= 0.3 is 12.1 Å². The van der Waals surface area contributed by atoms with Gasteiger partial charge in [-0.1, -0.05) is 0 Å². The number of primary amides is 1. The van der Waals surface area contributed by atoms with Gasteiger partial charge in [0, 0.05) is 25.0 Å². The largest absolute Gasteiger partial charge is 0.465 e. The Labute approximate surface area is 186 Å². The van der Waals surface area contributed by atoms with Crippen molar-refractivity contribution in [2.75, 3.05) is 18.5 Å². The van der Waals surface area contributed by atoms with Gasteiger partial charge in [-0.3, -0.25) is 9.48 Å². The molecule has 2 aromatic rings. The van der Waals surface area contributed by atoms with Crippen LogP contribution >= 0.6 is 0 Å². The number of aromatic nitrogens is 2. The van der Waals surface area contributed by atoms with Crippen LogP contribution in [0.5, 0.6) is 0 Å². The van der Waals surface area contributed by atoms with Crippen molar-refractivity contribution in [1.29, 1.82) is 5.26 Å². The number of hydrogen-bond donors (Lipinski definition) is 4. The Bertz CT molecular complexity index is 1080. The van der Waals surface area contributed by atoms with Crippen LogP contribution in [0, 0.1) is 23.1 Å². The summed E-state index contributed by atoms with van der Waals surface area (Å²) < 4.78 is 45.4. The highest BCUT2D eigenvalue weighted by molar-refractivity contribution is 5.98. The predicted molar refractivity (Wildman–Crippen MR) is 108 cm³/mol. The number of aliphatic hydroxyl groups is 1. The zero-order valence-electron chi connectivity index (χ0n) is 17.2. The maximum absolute atomic E-state index is 15.8. The summed E-state index contributed by atoms with van der Waals surface area (Å²) in [6.45, 7) is -1.10. The van der Waals surface area contributed by atoms with E-state index in [9.17, 15) is 29.5 Å². The first kappa shape index (κ1) is 23.9. The number of carbonyl (C=O) groups is 2. The topological polar surface area (TPSA) is 158 Å². The fourth-order valence-electron chi connectivity index (χ4n) is 4.07. The number of benzene rings is 1. The minimum absolute atomic E-state index is 0.0725.